The van der Waals surface area contributed by atoms with E-state index in [4.69, 9.17) is 4.98 Å². The molecular weight excluding hydrogens is 260 g/mol. The molecule has 21 heavy (non-hydrogen) atoms. The van der Waals surface area contributed by atoms with Crippen LogP contribution in [0.5, 0.6) is 0 Å². The van der Waals surface area contributed by atoms with Gasteiger partial charge in [-0.3, -0.25) is 0 Å². The molecule has 1 heterocycles. The van der Waals surface area contributed by atoms with Gasteiger partial charge >= 0.3 is 0 Å². The highest BCUT2D eigenvalue weighted by Gasteiger charge is 2.20. The zero-order chi connectivity index (χ0) is 14.7. The van der Waals surface area contributed by atoms with Crippen molar-refractivity contribution in [3.8, 4) is 0 Å². The molecule has 0 aliphatic heterocycles. The Morgan fingerprint density at radius 2 is 2.00 bits per heavy atom. The molecule has 3 rings (SSSR count). The topological polar surface area (TPSA) is 36.4 Å². The van der Waals surface area contributed by atoms with E-state index in [2.05, 4.69) is 24.0 Å². The third kappa shape index (κ3) is 3.03. The standard InChI is InChI=1S/C18H24N2O/c1-2-20(12-14-7-3-4-8-14)18-16(13-21)11-15-9-5-6-10-17(15)19-18/h5-6,9-11,14,21H,2-4,7-8,12-13H2,1H3. The molecule has 112 valence electrons. The Labute approximate surface area is 126 Å². The minimum Gasteiger partial charge on any atom is -0.392 e. The molecule has 1 fully saturated rings. The fourth-order valence-electron chi connectivity index (χ4n) is 3.41. The summed E-state index contributed by atoms with van der Waals surface area (Å²) in [5.74, 6) is 1.75. The number of fused-ring (bicyclic) bond motifs is 1. The van der Waals surface area contributed by atoms with Crippen LogP contribution in [0.1, 0.15) is 38.2 Å². The van der Waals surface area contributed by atoms with E-state index in [1.54, 1.807) is 0 Å². The third-order valence-corrected chi connectivity index (χ3v) is 4.58. The van der Waals surface area contributed by atoms with Crippen LogP contribution in [0.3, 0.4) is 0 Å². The van der Waals surface area contributed by atoms with Crippen molar-refractivity contribution in [3.63, 3.8) is 0 Å². The minimum atomic E-state index is 0.0499. The van der Waals surface area contributed by atoms with E-state index in [0.717, 1.165) is 41.3 Å². The van der Waals surface area contributed by atoms with Crippen LogP contribution in [0.15, 0.2) is 30.3 Å². The summed E-state index contributed by atoms with van der Waals surface area (Å²) in [4.78, 5) is 7.17. The Morgan fingerprint density at radius 1 is 1.24 bits per heavy atom. The Balaban J connectivity index is 1.95. The van der Waals surface area contributed by atoms with Crippen molar-refractivity contribution in [2.75, 3.05) is 18.0 Å². The number of nitrogens with zero attached hydrogens (tertiary/aromatic N) is 2. The van der Waals surface area contributed by atoms with Gasteiger partial charge in [-0.1, -0.05) is 31.0 Å². The predicted octanol–water partition coefficient (Wildman–Crippen LogP) is 3.74. The lowest BCUT2D eigenvalue weighted by Gasteiger charge is -2.27. The van der Waals surface area contributed by atoms with Gasteiger partial charge in [0, 0.05) is 24.0 Å². The van der Waals surface area contributed by atoms with Gasteiger partial charge in [-0.05, 0) is 37.8 Å². The molecule has 1 N–H and O–H groups in total. The van der Waals surface area contributed by atoms with Gasteiger partial charge in [-0.2, -0.15) is 0 Å². The minimum absolute atomic E-state index is 0.0499. The number of benzene rings is 1. The molecule has 0 saturated heterocycles. The molecule has 1 aromatic heterocycles. The first kappa shape index (κ1) is 14.3. The number of aliphatic hydroxyl groups is 1. The van der Waals surface area contributed by atoms with Crippen molar-refractivity contribution in [2.45, 2.75) is 39.2 Å². The summed E-state index contributed by atoms with van der Waals surface area (Å²) >= 11 is 0. The maximum absolute atomic E-state index is 9.72. The molecule has 1 aliphatic rings. The molecule has 3 nitrogen and oxygen atoms in total. The quantitative estimate of drug-likeness (QED) is 0.908. The predicted molar refractivity (Wildman–Crippen MR) is 87.5 cm³/mol. The molecule has 0 bridgehead atoms. The Bertz CT molecular complexity index is 605. The van der Waals surface area contributed by atoms with Gasteiger partial charge in [0.15, 0.2) is 0 Å². The second kappa shape index (κ2) is 6.44. The van der Waals surface area contributed by atoms with Gasteiger partial charge in [0.05, 0.1) is 12.1 Å². The molecule has 1 aromatic carbocycles. The lowest BCUT2D eigenvalue weighted by Crippen LogP contribution is -2.30. The lowest BCUT2D eigenvalue weighted by atomic mass is 10.1. The van der Waals surface area contributed by atoms with Gasteiger partial charge in [0.2, 0.25) is 0 Å². The van der Waals surface area contributed by atoms with Gasteiger partial charge in [-0.25, -0.2) is 4.98 Å². The zero-order valence-electron chi connectivity index (χ0n) is 12.8. The largest absolute Gasteiger partial charge is 0.392 e. The summed E-state index contributed by atoms with van der Waals surface area (Å²) in [6.07, 6.45) is 5.39. The van der Waals surface area contributed by atoms with Crippen LogP contribution in [0.2, 0.25) is 0 Å². The number of rotatable bonds is 5. The molecular formula is C18H24N2O. The first-order valence-corrected chi connectivity index (χ1v) is 8.06. The van der Waals surface area contributed by atoms with E-state index in [9.17, 15) is 5.11 Å². The van der Waals surface area contributed by atoms with Crippen LogP contribution in [0, 0.1) is 5.92 Å². The van der Waals surface area contributed by atoms with E-state index in [1.165, 1.54) is 25.7 Å². The Kier molecular flexibility index (Phi) is 4.39. The molecule has 0 spiro atoms. The average Bonchev–Trinajstić information content (AvgIpc) is 3.04. The van der Waals surface area contributed by atoms with Crippen LogP contribution in [-0.4, -0.2) is 23.2 Å². The molecule has 0 atom stereocenters. The highest BCUT2D eigenvalue weighted by Crippen LogP contribution is 2.29. The number of aliphatic hydroxyl groups excluding tert-OH is 1. The van der Waals surface area contributed by atoms with Crippen LogP contribution in [-0.2, 0) is 6.61 Å². The first-order valence-electron chi connectivity index (χ1n) is 8.06. The van der Waals surface area contributed by atoms with Crippen molar-refractivity contribution in [2.24, 2.45) is 5.92 Å². The van der Waals surface area contributed by atoms with Crippen molar-refractivity contribution in [1.29, 1.82) is 0 Å². The number of anilines is 1. The molecule has 3 heteroatoms. The molecule has 0 amide bonds. The van der Waals surface area contributed by atoms with Gasteiger partial charge < -0.3 is 10.0 Å². The number of pyridine rings is 1. The van der Waals surface area contributed by atoms with E-state index in [0.29, 0.717) is 0 Å². The van der Waals surface area contributed by atoms with Gasteiger partial charge in [0.1, 0.15) is 5.82 Å². The van der Waals surface area contributed by atoms with Gasteiger partial charge in [0.25, 0.3) is 0 Å². The van der Waals surface area contributed by atoms with E-state index >= 15 is 0 Å². The van der Waals surface area contributed by atoms with Crippen LogP contribution >= 0.6 is 0 Å². The Morgan fingerprint density at radius 3 is 2.71 bits per heavy atom. The molecule has 0 radical (unpaired) electrons. The van der Waals surface area contributed by atoms with Crippen molar-refractivity contribution < 1.29 is 5.11 Å². The molecule has 1 saturated carbocycles. The maximum Gasteiger partial charge on any atom is 0.134 e. The molecule has 0 unspecified atom stereocenters. The molecule has 1 aliphatic carbocycles. The summed E-state index contributed by atoms with van der Waals surface area (Å²) in [5.41, 5.74) is 1.95. The normalized spacial score (nSPS) is 15.7. The van der Waals surface area contributed by atoms with Crippen LogP contribution in [0.25, 0.3) is 10.9 Å². The lowest BCUT2D eigenvalue weighted by molar-refractivity contribution is 0.281. The average molecular weight is 284 g/mol. The first-order chi connectivity index (χ1) is 10.3. The molecule has 2 aromatic rings. The second-order valence-electron chi connectivity index (χ2n) is 6.01. The third-order valence-electron chi connectivity index (χ3n) is 4.58. The second-order valence-corrected chi connectivity index (χ2v) is 6.01. The highest BCUT2D eigenvalue weighted by molar-refractivity contribution is 5.81. The summed E-state index contributed by atoms with van der Waals surface area (Å²) in [5, 5.41) is 10.8. The monoisotopic (exact) mass is 284 g/mol. The number of aromatic nitrogens is 1. The summed E-state index contributed by atoms with van der Waals surface area (Å²) in [6.45, 7) is 4.23. The maximum atomic E-state index is 9.72. The van der Waals surface area contributed by atoms with Crippen molar-refractivity contribution in [1.82, 2.24) is 4.98 Å². The highest BCUT2D eigenvalue weighted by atomic mass is 16.3. The van der Waals surface area contributed by atoms with Crippen LogP contribution in [0.4, 0.5) is 5.82 Å². The van der Waals surface area contributed by atoms with Gasteiger partial charge in [-0.15, -0.1) is 0 Å². The SMILES string of the molecule is CCN(CC1CCCC1)c1nc2ccccc2cc1CO. The summed E-state index contributed by atoms with van der Waals surface area (Å²) in [6, 6.07) is 10.2. The fraction of sp³-hybridized carbons (Fsp3) is 0.500. The number of para-hydroxylation sites is 1. The zero-order valence-corrected chi connectivity index (χ0v) is 12.8. The summed E-state index contributed by atoms with van der Waals surface area (Å²) in [7, 11) is 0. The summed E-state index contributed by atoms with van der Waals surface area (Å²) < 4.78 is 0. The fourth-order valence-corrected chi connectivity index (χ4v) is 3.41. The Hall–Kier alpha value is -1.61. The van der Waals surface area contributed by atoms with E-state index in [-0.39, 0.29) is 6.61 Å². The smallest absolute Gasteiger partial charge is 0.134 e. The van der Waals surface area contributed by atoms with E-state index in [1.807, 2.05) is 18.2 Å². The van der Waals surface area contributed by atoms with Crippen molar-refractivity contribution in [3.05, 3.63) is 35.9 Å². The van der Waals surface area contributed by atoms with Crippen LogP contribution < -0.4 is 4.90 Å². The number of hydrogen-bond donors (Lipinski definition) is 1. The van der Waals surface area contributed by atoms with E-state index < -0.39 is 0 Å². The number of hydrogen-bond acceptors (Lipinski definition) is 3. The van der Waals surface area contributed by atoms with Crippen molar-refractivity contribution >= 4 is 16.7 Å².